The third-order valence-electron chi connectivity index (χ3n) is 8.79. The number of amides is 3. The first-order valence-corrected chi connectivity index (χ1v) is 18.4. The highest BCUT2D eigenvalue weighted by Gasteiger charge is 2.25. The molecule has 0 aliphatic carbocycles. The summed E-state index contributed by atoms with van der Waals surface area (Å²) in [7, 11) is 0. The van der Waals surface area contributed by atoms with E-state index in [9.17, 15) is 19.6 Å². The summed E-state index contributed by atoms with van der Waals surface area (Å²) in [5.41, 5.74) is 3.66. The van der Waals surface area contributed by atoms with E-state index in [2.05, 4.69) is 39.9 Å². The van der Waals surface area contributed by atoms with Crippen LogP contribution in [0.15, 0.2) is 66.9 Å². The smallest absolute Gasteiger partial charge is 0.407 e. The molecule has 3 amide bonds. The lowest BCUT2D eigenvalue weighted by Crippen LogP contribution is -2.50. The van der Waals surface area contributed by atoms with Gasteiger partial charge in [0.1, 0.15) is 5.60 Å². The van der Waals surface area contributed by atoms with Gasteiger partial charge in [-0.2, -0.15) is 5.26 Å². The van der Waals surface area contributed by atoms with Crippen molar-refractivity contribution >= 4 is 45.3 Å². The zero-order chi connectivity index (χ0) is 38.3. The lowest BCUT2D eigenvalue weighted by atomic mass is 10.0. The molecule has 54 heavy (non-hydrogen) atoms. The van der Waals surface area contributed by atoms with Crippen molar-refractivity contribution in [2.75, 3.05) is 84.2 Å². The molecule has 13 heteroatoms. The molecule has 0 spiro atoms. The number of carbonyl (C=O) groups is 3. The molecule has 1 aromatic heterocycles. The number of nitriles is 1. The molecule has 2 heterocycles. The van der Waals surface area contributed by atoms with Gasteiger partial charge in [-0.05, 0) is 79.9 Å². The predicted molar refractivity (Wildman–Crippen MR) is 206 cm³/mol. The van der Waals surface area contributed by atoms with Crippen molar-refractivity contribution in [3.8, 4) is 6.07 Å². The second-order valence-electron chi connectivity index (χ2n) is 14.0. The van der Waals surface area contributed by atoms with E-state index in [1.54, 1.807) is 37.9 Å². The topological polar surface area (TPSA) is 155 Å². The second kappa shape index (κ2) is 19.7. The van der Waals surface area contributed by atoms with Crippen LogP contribution in [0.4, 0.5) is 10.5 Å². The summed E-state index contributed by atoms with van der Waals surface area (Å²) in [5.74, 6) is -0.0250. The van der Waals surface area contributed by atoms with E-state index in [0.29, 0.717) is 90.0 Å². The van der Waals surface area contributed by atoms with Crippen LogP contribution in [-0.2, 0) is 30.2 Å². The molecule has 2 N–H and O–H groups in total. The van der Waals surface area contributed by atoms with Crippen LogP contribution in [0.1, 0.15) is 48.7 Å². The van der Waals surface area contributed by atoms with Crippen LogP contribution >= 0.6 is 0 Å². The molecule has 3 aromatic carbocycles. The maximum Gasteiger partial charge on any atom is 0.407 e. The molecular weight excluding hydrogens is 688 g/mol. The van der Waals surface area contributed by atoms with E-state index in [4.69, 9.17) is 18.9 Å². The van der Waals surface area contributed by atoms with Gasteiger partial charge in [0.2, 0.25) is 5.91 Å². The third kappa shape index (κ3) is 12.1. The molecule has 5 rings (SSSR count). The van der Waals surface area contributed by atoms with Crippen molar-refractivity contribution in [1.29, 1.82) is 5.26 Å². The van der Waals surface area contributed by atoms with E-state index >= 15 is 0 Å². The molecule has 13 nitrogen and oxygen atoms in total. The Morgan fingerprint density at radius 3 is 2.22 bits per heavy atom. The zero-order valence-electron chi connectivity index (χ0n) is 31.4. The van der Waals surface area contributed by atoms with Crippen molar-refractivity contribution in [2.45, 2.75) is 39.2 Å². The van der Waals surface area contributed by atoms with E-state index in [-0.39, 0.29) is 18.2 Å². The van der Waals surface area contributed by atoms with Gasteiger partial charge in [-0.25, -0.2) is 4.79 Å². The minimum Gasteiger partial charge on any atom is -0.444 e. The van der Waals surface area contributed by atoms with Gasteiger partial charge in [0.25, 0.3) is 5.91 Å². The number of nitrogens with one attached hydrogen (secondary N) is 2. The monoisotopic (exact) mass is 738 g/mol. The normalized spacial score (nSPS) is 13.1. The van der Waals surface area contributed by atoms with Crippen LogP contribution in [0.25, 0.3) is 21.7 Å². The van der Waals surface area contributed by atoms with Gasteiger partial charge in [0.05, 0.1) is 63.2 Å². The fourth-order valence-corrected chi connectivity index (χ4v) is 6.04. The Hall–Kier alpha value is -5.29. The van der Waals surface area contributed by atoms with Gasteiger partial charge < -0.3 is 39.4 Å². The molecule has 0 atom stereocenters. The number of anilines is 1. The summed E-state index contributed by atoms with van der Waals surface area (Å²) >= 11 is 0. The van der Waals surface area contributed by atoms with E-state index in [0.717, 1.165) is 33.8 Å². The Kier molecular flexibility index (Phi) is 14.6. The largest absolute Gasteiger partial charge is 0.444 e. The van der Waals surface area contributed by atoms with E-state index in [1.165, 1.54) is 5.56 Å². The average Bonchev–Trinajstić information content (AvgIpc) is 3.17. The maximum atomic E-state index is 13.4. The average molecular weight is 739 g/mol. The van der Waals surface area contributed by atoms with Gasteiger partial charge in [-0.3, -0.25) is 14.6 Å². The van der Waals surface area contributed by atoms with Crippen molar-refractivity contribution in [1.82, 2.24) is 20.1 Å². The van der Waals surface area contributed by atoms with Gasteiger partial charge in [0.15, 0.2) is 0 Å². The highest BCUT2D eigenvalue weighted by atomic mass is 16.6. The van der Waals surface area contributed by atoms with Crippen LogP contribution in [0, 0.1) is 11.3 Å². The summed E-state index contributed by atoms with van der Waals surface area (Å²) in [6.45, 7) is 10.6. The number of pyridine rings is 1. The number of fused-ring (bicyclic) bond motifs is 2. The minimum absolute atomic E-state index is 0.00961. The van der Waals surface area contributed by atoms with Crippen molar-refractivity contribution in [2.24, 2.45) is 0 Å². The number of alkyl carbamates (subject to hydrolysis) is 1. The number of benzene rings is 3. The maximum absolute atomic E-state index is 13.4. The molecule has 286 valence electrons. The number of carbonyl (C=O) groups excluding carboxylic acids is 3. The molecule has 4 aromatic rings. The van der Waals surface area contributed by atoms with Gasteiger partial charge in [-0.15, -0.1) is 0 Å². The Morgan fingerprint density at radius 2 is 1.48 bits per heavy atom. The number of hydrogen-bond acceptors (Lipinski definition) is 10. The molecule has 1 saturated heterocycles. The molecule has 0 unspecified atom stereocenters. The minimum atomic E-state index is -0.536. The Morgan fingerprint density at radius 1 is 0.796 bits per heavy atom. The molecule has 0 bridgehead atoms. The van der Waals surface area contributed by atoms with Crippen LogP contribution in [0.3, 0.4) is 0 Å². The van der Waals surface area contributed by atoms with Crippen molar-refractivity contribution < 1.29 is 33.3 Å². The second-order valence-corrected chi connectivity index (χ2v) is 14.0. The standard InChI is InChI=1S/C41H50N6O7/c1-41(2,3)54-40(50)45-15-21-52-23-25-53-24-22-51-20-12-38(48)46-16-18-47(19-17-46)39(49)34-8-7-32-26-30(4-6-33(32)28-34)10-13-43-37-11-14-44-36-9-5-31(29-42)27-35(36)37/h4-9,11,14,26-28H,10,12-13,15-25H2,1-3H3,(H,43,44)(H,45,50). The van der Waals surface area contributed by atoms with E-state index < -0.39 is 11.7 Å². The summed E-state index contributed by atoms with van der Waals surface area (Å²) in [6, 6.07) is 21.7. The van der Waals surface area contributed by atoms with Gasteiger partial charge in [-0.1, -0.05) is 24.3 Å². The van der Waals surface area contributed by atoms with Crippen molar-refractivity contribution in [3.63, 3.8) is 0 Å². The van der Waals surface area contributed by atoms with Crippen LogP contribution in [-0.4, -0.2) is 117 Å². The lowest BCUT2D eigenvalue weighted by Gasteiger charge is -2.35. The quantitative estimate of drug-likeness (QED) is 0.139. The zero-order valence-corrected chi connectivity index (χ0v) is 31.4. The molecule has 0 saturated carbocycles. The van der Waals surface area contributed by atoms with Gasteiger partial charge in [0, 0.05) is 62.1 Å². The molecular formula is C41H50N6O7. The first kappa shape index (κ1) is 39.9. The Balaban J connectivity index is 0.946. The van der Waals surface area contributed by atoms with Crippen LogP contribution < -0.4 is 10.6 Å². The number of aromatic nitrogens is 1. The number of nitrogens with zero attached hydrogens (tertiary/aromatic N) is 4. The van der Waals surface area contributed by atoms with Crippen LogP contribution in [0.2, 0.25) is 0 Å². The Labute approximate surface area is 316 Å². The van der Waals surface area contributed by atoms with E-state index in [1.807, 2.05) is 41.3 Å². The number of hydrogen-bond donors (Lipinski definition) is 2. The summed E-state index contributed by atoms with van der Waals surface area (Å²) < 4.78 is 21.6. The molecule has 1 aliphatic rings. The Bertz CT molecular complexity index is 1930. The predicted octanol–water partition coefficient (Wildman–Crippen LogP) is 5.16. The van der Waals surface area contributed by atoms with Crippen LogP contribution in [0.5, 0.6) is 0 Å². The van der Waals surface area contributed by atoms with Gasteiger partial charge >= 0.3 is 6.09 Å². The third-order valence-corrected chi connectivity index (χ3v) is 8.79. The molecule has 0 radical (unpaired) electrons. The SMILES string of the molecule is CC(C)(C)OC(=O)NCCOCCOCCOCCC(=O)N1CCN(C(=O)c2ccc3cc(CCNc4ccnc5ccc(C#N)cc45)ccc3c2)CC1. The van der Waals surface area contributed by atoms with Crippen molar-refractivity contribution in [3.05, 3.63) is 83.6 Å². The summed E-state index contributed by atoms with van der Waals surface area (Å²) in [5, 5.41) is 18.4. The summed E-state index contributed by atoms with van der Waals surface area (Å²) in [4.78, 5) is 45.7. The highest BCUT2D eigenvalue weighted by molar-refractivity contribution is 5.99. The summed E-state index contributed by atoms with van der Waals surface area (Å²) in [6.07, 6.45) is 2.37. The molecule has 1 aliphatic heterocycles. The molecule has 1 fully saturated rings. The fraction of sp³-hybridized carbons (Fsp3) is 0.439. The fourth-order valence-electron chi connectivity index (χ4n) is 6.04. The number of rotatable bonds is 17. The lowest BCUT2D eigenvalue weighted by molar-refractivity contribution is -0.134. The highest BCUT2D eigenvalue weighted by Crippen LogP contribution is 2.24. The number of ether oxygens (including phenoxy) is 4. The number of piperazine rings is 1. The first-order chi connectivity index (χ1) is 26.1. The first-order valence-electron chi connectivity index (χ1n) is 18.4.